The number of nitrogens with zero attached hydrogens (tertiary/aromatic N) is 3. The summed E-state index contributed by atoms with van der Waals surface area (Å²) in [6.45, 7) is 5.11. The lowest BCUT2D eigenvalue weighted by Gasteiger charge is -2.25. The van der Waals surface area contributed by atoms with Crippen LogP contribution in [0.3, 0.4) is 0 Å². The highest BCUT2D eigenvalue weighted by atomic mass is 32.1. The highest BCUT2D eigenvalue weighted by Gasteiger charge is 2.38. The summed E-state index contributed by atoms with van der Waals surface area (Å²) < 4.78 is 17.6. The van der Waals surface area contributed by atoms with Gasteiger partial charge in [0, 0.05) is 11.1 Å². The van der Waals surface area contributed by atoms with Crippen molar-refractivity contribution in [3.05, 3.63) is 90.6 Å². The minimum atomic E-state index is -0.900. The number of ether oxygens (including phenoxy) is 3. The van der Waals surface area contributed by atoms with Gasteiger partial charge in [0.25, 0.3) is 11.5 Å². The van der Waals surface area contributed by atoms with E-state index in [1.165, 1.54) is 16.6 Å². The molecule has 0 fully saturated rings. The number of carbonyl (C=O) groups is 3. The molecule has 0 saturated heterocycles. The van der Waals surface area contributed by atoms with Gasteiger partial charge in [0.15, 0.2) is 4.80 Å². The molecule has 1 aromatic heterocycles. The Hall–Kier alpha value is -4.51. The van der Waals surface area contributed by atoms with Gasteiger partial charge < -0.3 is 14.2 Å². The van der Waals surface area contributed by atoms with Gasteiger partial charge in [-0.15, -0.1) is 0 Å². The van der Waals surface area contributed by atoms with Crippen molar-refractivity contribution in [1.82, 2.24) is 4.57 Å². The maximum absolute atomic E-state index is 14.2. The third-order valence-corrected chi connectivity index (χ3v) is 7.72. The highest BCUT2D eigenvalue weighted by molar-refractivity contribution is 7.07. The van der Waals surface area contributed by atoms with Crippen LogP contribution in [0.4, 0.5) is 5.69 Å². The van der Waals surface area contributed by atoms with Gasteiger partial charge in [-0.3, -0.25) is 23.9 Å². The molecule has 2 aromatic carbocycles. The van der Waals surface area contributed by atoms with Gasteiger partial charge in [-0.1, -0.05) is 47.7 Å². The Morgan fingerprint density at radius 3 is 2.42 bits per heavy atom. The van der Waals surface area contributed by atoms with Gasteiger partial charge in [0.1, 0.15) is 22.9 Å². The number of esters is 2. The number of allylic oxidation sites excluding steroid dienone is 1. The Kier molecular flexibility index (Phi) is 7.40. The van der Waals surface area contributed by atoms with Crippen LogP contribution in [-0.2, 0) is 23.9 Å². The molecule has 206 valence electrons. The van der Waals surface area contributed by atoms with E-state index in [0.717, 1.165) is 11.3 Å². The monoisotopic (exact) mass is 561 g/mol. The summed E-state index contributed by atoms with van der Waals surface area (Å²) in [5.74, 6) is -1.17. The Bertz CT molecular complexity index is 1750. The Morgan fingerprint density at radius 1 is 1.00 bits per heavy atom. The number of aromatic nitrogens is 1. The standard InChI is InChI=1S/C29H27N3O7S/c1-5-38-21(33)15-31-19-13-9-7-11-17(19)23(26(31)34)25-27(35)32-24(18-12-8-10-14-20(18)37-4)22(28(36)39-6-2)16(3)30-29(32)40-25/h7-14,24H,5-6,15H2,1-4H3/b25-23+/t24-/m1/s1. The van der Waals surface area contributed by atoms with Crippen molar-refractivity contribution in [3.63, 3.8) is 0 Å². The molecule has 1 amide bonds. The second kappa shape index (κ2) is 10.9. The molecule has 3 aromatic rings. The number of hydrogen-bond acceptors (Lipinski definition) is 9. The number of rotatable bonds is 7. The van der Waals surface area contributed by atoms with E-state index in [0.29, 0.717) is 33.1 Å². The van der Waals surface area contributed by atoms with E-state index in [2.05, 4.69) is 4.99 Å². The number of anilines is 1. The molecule has 0 spiro atoms. The van der Waals surface area contributed by atoms with E-state index >= 15 is 0 Å². The molecular weight excluding hydrogens is 534 g/mol. The molecule has 11 heteroatoms. The number of para-hydroxylation sites is 2. The van der Waals surface area contributed by atoms with Gasteiger partial charge in [0.05, 0.1) is 42.9 Å². The predicted molar refractivity (Wildman–Crippen MR) is 148 cm³/mol. The maximum Gasteiger partial charge on any atom is 0.338 e. The lowest BCUT2D eigenvalue weighted by atomic mass is 9.95. The van der Waals surface area contributed by atoms with Crippen LogP contribution in [0.1, 0.15) is 37.9 Å². The fourth-order valence-corrected chi connectivity index (χ4v) is 6.16. The lowest BCUT2D eigenvalue weighted by molar-refractivity contribution is -0.142. The van der Waals surface area contributed by atoms with Crippen LogP contribution in [0.5, 0.6) is 5.75 Å². The van der Waals surface area contributed by atoms with Crippen molar-refractivity contribution in [2.24, 2.45) is 4.99 Å². The summed E-state index contributed by atoms with van der Waals surface area (Å²) in [5, 5.41) is 0. The Morgan fingerprint density at radius 2 is 1.70 bits per heavy atom. The van der Waals surface area contributed by atoms with Crippen molar-refractivity contribution >= 4 is 40.4 Å². The third-order valence-electron chi connectivity index (χ3n) is 6.67. The molecule has 0 bridgehead atoms. The summed E-state index contributed by atoms with van der Waals surface area (Å²) in [6.07, 6.45) is 0. The summed E-state index contributed by atoms with van der Waals surface area (Å²) >= 11 is 1.06. The number of carbonyl (C=O) groups excluding carboxylic acids is 3. The molecule has 10 nitrogen and oxygen atoms in total. The second-order valence-corrected chi connectivity index (χ2v) is 9.93. The first-order valence-electron chi connectivity index (χ1n) is 12.7. The van der Waals surface area contributed by atoms with Crippen LogP contribution in [0, 0.1) is 0 Å². The molecule has 3 heterocycles. The zero-order valence-corrected chi connectivity index (χ0v) is 23.2. The number of amides is 1. The smallest absolute Gasteiger partial charge is 0.338 e. The number of hydrogen-bond donors (Lipinski definition) is 0. The van der Waals surface area contributed by atoms with Crippen molar-refractivity contribution in [2.75, 3.05) is 31.8 Å². The van der Waals surface area contributed by atoms with E-state index in [4.69, 9.17) is 14.2 Å². The van der Waals surface area contributed by atoms with Crippen molar-refractivity contribution in [1.29, 1.82) is 0 Å². The fraction of sp³-hybridized carbons (Fsp3) is 0.276. The molecule has 40 heavy (non-hydrogen) atoms. The SMILES string of the molecule is CCOC(=O)CN1C(=O)/C(=c2/sc3n(c2=O)[C@H](c2ccccc2OC)C(C(=O)OCC)=C(C)N=3)c2ccccc21. The predicted octanol–water partition coefficient (Wildman–Crippen LogP) is 2.09. The second-order valence-electron chi connectivity index (χ2n) is 8.95. The largest absolute Gasteiger partial charge is 0.496 e. The van der Waals surface area contributed by atoms with Crippen molar-refractivity contribution < 1.29 is 28.6 Å². The summed E-state index contributed by atoms with van der Waals surface area (Å²) in [6, 6.07) is 13.2. The van der Waals surface area contributed by atoms with Crippen LogP contribution in [-0.4, -0.2) is 49.3 Å². The lowest BCUT2D eigenvalue weighted by Crippen LogP contribution is -2.41. The highest BCUT2D eigenvalue weighted by Crippen LogP contribution is 2.37. The first-order valence-corrected chi connectivity index (χ1v) is 13.6. The molecule has 0 radical (unpaired) electrons. The molecule has 1 atom stereocenters. The molecule has 2 aliphatic rings. The minimum absolute atomic E-state index is 0.143. The van der Waals surface area contributed by atoms with E-state index in [1.807, 2.05) is 0 Å². The van der Waals surface area contributed by atoms with E-state index < -0.39 is 29.4 Å². The summed E-state index contributed by atoms with van der Waals surface area (Å²) in [4.78, 5) is 59.7. The number of benzene rings is 2. The van der Waals surface area contributed by atoms with E-state index in [1.54, 1.807) is 69.3 Å². The summed E-state index contributed by atoms with van der Waals surface area (Å²) in [7, 11) is 1.51. The first kappa shape index (κ1) is 27.1. The minimum Gasteiger partial charge on any atom is -0.496 e. The molecule has 5 rings (SSSR count). The molecular formula is C29H27N3O7S. The average molecular weight is 562 g/mol. The third kappa shape index (κ3) is 4.41. The number of fused-ring (bicyclic) bond motifs is 2. The molecule has 0 saturated carbocycles. The zero-order chi connectivity index (χ0) is 28.6. The number of thiazole rings is 1. The van der Waals surface area contributed by atoms with E-state index in [9.17, 15) is 19.2 Å². The normalized spacial score (nSPS) is 17.2. The first-order chi connectivity index (χ1) is 19.3. The van der Waals surface area contributed by atoms with Gasteiger partial charge >= 0.3 is 11.9 Å². The molecule has 0 unspecified atom stereocenters. The van der Waals surface area contributed by atoms with Crippen LogP contribution in [0.25, 0.3) is 5.57 Å². The Labute approximate surface area is 233 Å². The molecule has 0 aliphatic carbocycles. The number of methoxy groups -OCH3 is 1. The van der Waals surface area contributed by atoms with Crippen LogP contribution in [0.2, 0.25) is 0 Å². The maximum atomic E-state index is 14.2. The summed E-state index contributed by atoms with van der Waals surface area (Å²) in [5.41, 5.74) is 1.88. The Balaban J connectivity index is 1.78. The van der Waals surface area contributed by atoms with Crippen LogP contribution in [0.15, 0.2) is 69.6 Å². The molecule has 0 N–H and O–H groups in total. The topological polar surface area (TPSA) is 116 Å². The van der Waals surface area contributed by atoms with Crippen LogP contribution < -0.4 is 24.5 Å². The molecule has 2 aliphatic heterocycles. The van der Waals surface area contributed by atoms with Gasteiger partial charge in [-0.05, 0) is 32.9 Å². The van der Waals surface area contributed by atoms with Gasteiger partial charge in [-0.25, -0.2) is 9.79 Å². The quantitative estimate of drug-likeness (QED) is 0.406. The van der Waals surface area contributed by atoms with E-state index in [-0.39, 0.29) is 35.4 Å². The van der Waals surface area contributed by atoms with Crippen LogP contribution >= 0.6 is 11.3 Å². The van der Waals surface area contributed by atoms with Gasteiger partial charge in [-0.2, -0.15) is 0 Å². The van der Waals surface area contributed by atoms with Crippen molar-refractivity contribution in [2.45, 2.75) is 26.8 Å². The van der Waals surface area contributed by atoms with Gasteiger partial charge in [0.2, 0.25) is 0 Å². The fourth-order valence-electron chi connectivity index (χ4n) is 5.02. The van der Waals surface area contributed by atoms with Crippen molar-refractivity contribution in [3.8, 4) is 5.75 Å². The zero-order valence-electron chi connectivity index (χ0n) is 22.4. The average Bonchev–Trinajstić information content (AvgIpc) is 3.40.